The van der Waals surface area contributed by atoms with Gasteiger partial charge in [-0.25, -0.2) is 4.98 Å². The fourth-order valence-corrected chi connectivity index (χ4v) is 4.21. The Morgan fingerprint density at radius 3 is 2.76 bits per heavy atom. The van der Waals surface area contributed by atoms with Crippen LogP contribution < -0.4 is 10.3 Å². The van der Waals surface area contributed by atoms with Gasteiger partial charge in [0.25, 0.3) is 5.56 Å². The van der Waals surface area contributed by atoms with Crippen molar-refractivity contribution >= 4 is 28.6 Å². The fourth-order valence-electron chi connectivity index (χ4n) is 3.30. The fraction of sp³-hybridized carbons (Fsp3) is 0.182. The van der Waals surface area contributed by atoms with Crippen molar-refractivity contribution in [2.24, 2.45) is 0 Å². The maximum atomic E-state index is 12.5. The highest BCUT2D eigenvalue weighted by Crippen LogP contribution is 2.22. The molecule has 0 spiro atoms. The number of halogens is 1. The average molecular weight is 426 g/mol. The molecule has 0 amide bonds. The number of ether oxygens (including phenoxy) is 1. The zero-order chi connectivity index (χ0) is 20.2. The number of aromatic nitrogens is 2. The lowest BCUT2D eigenvalue weighted by atomic mass is 10.1. The van der Waals surface area contributed by atoms with Crippen molar-refractivity contribution in [1.29, 1.82) is 0 Å². The first-order valence-corrected chi connectivity index (χ1v) is 10.4. The van der Waals surface area contributed by atoms with Gasteiger partial charge in [-0.2, -0.15) is 0 Å². The Balaban J connectivity index is 1.65. The summed E-state index contributed by atoms with van der Waals surface area (Å²) in [7, 11) is 1.68. The molecule has 0 saturated heterocycles. The van der Waals surface area contributed by atoms with Crippen LogP contribution in [0, 0.1) is 0 Å². The number of thiophene rings is 1. The molecule has 0 aliphatic heterocycles. The minimum absolute atomic E-state index is 0.138. The third-order valence-electron chi connectivity index (χ3n) is 4.61. The largest absolute Gasteiger partial charge is 0.496 e. The van der Waals surface area contributed by atoms with E-state index in [-0.39, 0.29) is 5.56 Å². The number of para-hydroxylation sites is 1. The Morgan fingerprint density at radius 1 is 1.10 bits per heavy atom. The van der Waals surface area contributed by atoms with Crippen molar-refractivity contribution in [1.82, 2.24) is 14.3 Å². The van der Waals surface area contributed by atoms with Crippen molar-refractivity contribution < 1.29 is 4.74 Å². The summed E-state index contributed by atoms with van der Waals surface area (Å²) in [6, 6.07) is 17.2. The van der Waals surface area contributed by atoms with E-state index < -0.39 is 0 Å². The third-order valence-corrected chi connectivity index (χ3v) is 5.69. The molecular weight excluding hydrogens is 406 g/mol. The first-order valence-electron chi connectivity index (χ1n) is 9.17. The Kier molecular flexibility index (Phi) is 5.94. The molecule has 0 unspecified atom stereocenters. The molecule has 4 rings (SSSR count). The molecule has 1 aromatic carbocycles. The predicted octanol–water partition coefficient (Wildman–Crippen LogP) is 4.62. The van der Waals surface area contributed by atoms with Crippen LogP contribution in [0.1, 0.15) is 16.1 Å². The topological polar surface area (TPSA) is 46.8 Å². The normalized spacial score (nSPS) is 11.3. The molecule has 0 fully saturated rings. The van der Waals surface area contributed by atoms with Crippen LogP contribution >= 0.6 is 22.9 Å². The number of benzene rings is 1. The molecule has 0 aliphatic carbocycles. The van der Waals surface area contributed by atoms with Crippen LogP contribution in [0.3, 0.4) is 0 Å². The van der Waals surface area contributed by atoms with Gasteiger partial charge in [0.2, 0.25) is 0 Å². The van der Waals surface area contributed by atoms with Crippen LogP contribution in [-0.2, 0) is 19.6 Å². The molecule has 0 bridgehead atoms. The number of hydrogen-bond acceptors (Lipinski definition) is 5. The molecule has 148 valence electrons. The molecule has 0 atom stereocenters. The lowest BCUT2D eigenvalue weighted by Gasteiger charge is -2.22. The number of methoxy groups -OCH3 is 1. The van der Waals surface area contributed by atoms with Gasteiger partial charge < -0.3 is 4.74 Å². The highest BCUT2D eigenvalue weighted by molar-refractivity contribution is 7.09. The number of nitrogens with zero attached hydrogens (tertiary/aromatic N) is 3. The first-order chi connectivity index (χ1) is 14.1. The summed E-state index contributed by atoms with van der Waals surface area (Å²) in [5.41, 5.74) is 2.27. The van der Waals surface area contributed by atoms with Crippen molar-refractivity contribution in [3.63, 3.8) is 0 Å². The molecule has 5 nitrogen and oxygen atoms in total. The van der Waals surface area contributed by atoms with Gasteiger partial charge in [0.05, 0.1) is 17.8 Å². The van der Waals surface area contributed by atoms with E-state index in [4.69, 9.17) is 16.3 Å². The van der Waals surface area contributed by atoms with E-state index in [9.17, 15) is 4.79 Å². The van der Waals surface area contributed by atoms with Gasteiger partial charge in [-0.1, -0.05) is 35.9 Å². The minimum Gasteiger partial charge on any atom is -0.496 e. The molecule has 4 aromatic rings. The molecular formula is C22H20ClN3O2S. The quantitative estimate of drug-likeness (QED) is 0.433. The van der Waals surface area contributed by atoms with Crippen molar-refractivity contribution in [2.45, 2.75) is 19.6 Å². The van der Waals surface area contributed by atoms with E-state index in [1.165, 1.54) is 9.28 Å². The van der Waals surface area contributed by atoms with Gasteiger partial charge in [-0.3, -0.25) is 14.1 Å². The van der Waals surface area contributed by atoms with Crippen LogP contribution in [0.15, 0.2) is 71.0 Å². The Morgan fingerprint density at radius 2 is 1.97 bits per heavy atom. The second kappa shape index (κ2) is 8.78. The second-order valence-electron chi connectivity index (χ2n) is 6.70. The summed E-state index contributed by atoms with van der Waals surface area (Å²) in [5, 5.41) is 2.57. The van der Waals surface area contributed by atoms with Crippen LogP contribution in [0.2, 0.25) is 5.02 Å². The predicted molar refractivity (Wildman–Crippen MR) is 117 cm³/mol. The summed E-state index contributed by atoms with van der Waals surface area (Å²) >= 11 is 7.72. The zero-order valence-electron chi connectivity index (χ0n) is 15.9. The summed E-state index contributed by atoms with van der Waals surface area (Å²) in [4.78, 5) is 20.7. The number of hydrogen-bond donors (Lipinski definition) is 0. The van der Waals surface area contributed by atoms with Crippen LogP contribution in [0.4, 0.5) is 0 Å². The number of rotatable bonds is 7. The van der Waals surface area contributed by atoms with Crippen LogP contribution in [-0.4, -0.2) is 21.4 Å². The van der Waals surface area contributed by atoms with E-state index >= 15 is 0 Å². The van der Waals surface area contributed by atoms with Gasteiger partial charge in [-0.15, -0.1) is 11.3 Å². The molecule has 0 aliphatic rings. The molecule has 7 heteroatoms. The molecule has 3 heterocycles. The molecule has 0 saturated carbocycles. The van der Waals surface area contributed by atoms with Crippen LogP contribution in [0.25, 0.3) is 5.65 Å². The highest BCUT2D eigenvalue weighted by atomic mass is 35.5. The molecule has 3 aromatic heterocycles. The monoisotopic (exact) mass is 425 g/mol. The number of fused-ring (bicyclic) bond motifs is 1. The summed E-state index contributed by atoms with van der Waals surface area (Å²) < 4.78 is 6.98. The van der Waals surface area contributed by atoms with E-state index in [0.717, 1.165) is 23.6 Å². The van der Waals surface area contributed by atoms with Crippen molar-refractivity contribution in [3.8, 4) is 5.75 Å². The maximum absolute atomic E-state index is 12.5. The van der Waals surface area contributed by atoms with Gasteiger partial charge in [0.1, 0.15) is 11.4 Å². The smallest absolute Gasteiger partial charge is 0.258 e. The van der Waals surface area contributed by atoms with E-state index in [0.29, 0.717) is 23.8 Å². The Labute approximate surface area is 177 Å². The standard InChI is InChI=1S/C22H20ClN3O2S/c1-28-20-7-3-2-5-16(20)12-25(15-19-6-4-10-29-19)14-18-11-22(27)26-13-17(23)8-9-21(26)24-18/h2-11,13H,12,14-15H2,1H3. The first kappa shape index (κ1) is 19.6. The lowest BCUT2D eigenvalue weighted by Crippen LogP contribution is -2.25. The Hall–Kier alpha value is -2.67. The summed E-state index contributed by atoms with van der Waals surface area (Å²) in [5.74, 6) is 0.852. The Bertz CT molecular complexity index is 1170. The molecule has 29 heavy (non-hydrogen) atoms. The van der Waals surface area contributed by atoms with E-state index in [1.807, 2.05) is 24.3 Å². The lowest BCUT2D eigenvalue weighted by molar-refractivity contribution is 0.243. The van der Waals surface area contributed by atoms with E-state index in [2.05, 4.69) is 27.4 Å². The molecule has 0 radical (unpaired) electrons. The second-order valence-corrected chi connectivity index (χ2v) is 8.17. The highest BCUT2D eigenvalue weighted by Gasteiger charge is 2.14. The molecule has 0 N–H and O–H groups in total. The van der Waals surface area contributed by atoms with E-state index in [1.54, 1.807) is 42.8 Å². The van der Waals surface area contributed by atoms with Crippen LogP contribution in [0.5, 0.6) is 5.75 Å². The van der Waals surface area contributed by atoms with Crippen molar-refractivity contribution in [2.75, 3.05) is 7.11 Å². The zero-order valence-corrected chi connectivity index (χ0v) is 17.5. The third kappa shape index (κ3) is 4.67. The van der Waals surface area contributed by atoms with Gasteiger partial charge in [0.15, 0.2) is 0 Å². The minimum atomic E-state index is -0.138. The number of pyridine rings is 1. The van der Waals surface area contributed by atoms with Gasteiger partial charge in [0, 0.05) is 42.3 Å². The summed E-state index contributed by atoms with van der Waals surface area (Å²) in [6.45, 7) is 1.99. The summed E-state index contributed by atoms with van der Waals surface area (Å²) in [6.07, 6.45) is 1.59. The van der Waals surface area contributed by atoms with Crippen molar-refractivity contribution in [3.05, 3.63) is 97.7 Å². The van der Waals surface area contributed by atoms with Gasteiger partial charge >= 0.3 is 0 Å². The average Bonchev–Trinajstić information content (AvgIpc) is 3.22. The maximum Gasteiger partial charge on any atom is 0.258 e. The SMILES string of the molecule is COc1ccccc1CN(Cc1cc(=O)n2cc(Cl)ccc2n1)Cc1cccs1. The van der Waals surface area contributed by atoms with Gasteiger partial charge in [-0.05, 0) is 29.6 Å².